The average Bonchev–Trinajstić information content (AvgIpc) is 2.90. The van der Waals surface area contributed by atoms with Crippen molar-refractivity contribution in [3.63, 3.8) is 0 Å². The Kier molecular flexibility index (Phi) is 4.41. The van der Waals surface area contributed by atoms with Crippen molar-refractivity contribution in [3.8, 4) is 11.3 Å². The number of carbonyl (C=O) groups is 1. The van der Waals surface area contributed by atoms with Crippen LogP contribution in [0.2, 0.25) is 0 Å². The summed E-state index contributed by atoms with van der Waals surface area (Å²) in [4.78, 5) is 28.8. The third-order valence-corrected chi connectivity index (χ3v) is 3.67. The van der Waals surface area contributed by atoms with Gasteiger partial charge in [0.1, 0.15) is 12.4 Å². The molecule has 1 N–H and O–H groups in total. The van der Waals surface area contributed by atoms with E-state index >= 15 is 0 Å². The number of benzene rings is 1. The summed E-state index contributed by atoms with van der Waals surface area (Å²) < 4.78 is 2.59. The van der Waals surface area contributed by atoms with Crippen molar-refractivity contribution in [1.29, 1.82) is 0 Å². The van der Waals surface area contributed by atoms with Gasteiger partial charge in [-0.25, -0.2) is 18.9 Å². The summed E-state index contributed by atoms with van der Waals surface area (Å²) in [5, 5.41) is 7.01. The number of fused-ring (bicyclic) bond motifs is 1. The second-order valence-corrected chi connectivity index (χ2v) is 5.54. The molecule has 0 radical (unpaired) electrons. The van der Waals surface area contributed by atoms with Crippen molar-refractivity contribution in [1.82, 2.24) is 24.5 Å². The summed E-state index contributed by atoms with van der Waals surface area (Å²) in [5.41, 5.74) is 1.81. The van der Waals surface area contributed by atoms with Crippen LogP contribution >= 0.6 is 0 Å². The third-order valence-electron chi connectivity index (χ3n) is 3.67. The molecular weight excluding hydrogens is 306 g/mol. The molecular formula is C17H19N5O2. The van der Waals surface area contributed by atoms with Crippen molar-refractivity contribution in [2.24, 2.45) is 0 Å². The van der Waals surface area contributed by atoms with Gasteiger partial charge >= 0.3 is 5.69 Å². The van der Waals surface area contributed by atoms with E-state index in [9.17, 15) is 9.59 Å². The molecule has 0 saturated heterocycles. The van der Waals surface area contributed by atoms with E-state index in [1.807, 2.05) is 37.3 Å². The Labute approximate surface area is 139 Å². The first-order valence-corrected chi connectivity index (χ1v) is 7.89. The van der Waals surface area contributed by atoms with Gasteiger partial charge in [-0.2, -0.15) is 0 Å². The van der Waals surface area contributed by atoms with Crippen molar-refractivity contribution in [3.05, 3.63) is 52.7 Å². The molecule has 3 aromatic rings. The monoisotopic (exact) mass is 325 g/mol. The zero-order valence-electron chi connectivity index (χ0n) is 13.7. The summed E-state index contributed by atoms with van der Waals surface area (Å²) in [6.07, 6.45) is 0.843. The van der Waals surface area contributed by atoms with E-state index in [0.717, 1.165) is 17.7 Å². The molecule has 1 amide bonds. The Morgan fingerprint density at radius 3 is 2.71 bits per heavy atom. The standard InChI is InChI=1S/C17H19N5O2/c1-3-9-18-16(23)11-21-17(24)22-12(2)19-14(10-15(22)20-21)13-7-5-4-6-8-13/h4-8,10H,3,9,11H2,1-2H3,(H,18,23). The maximum atomic E-state index is 12.4. The van der Waals surface area contributed by atoms with Crippen LogP contribution in [-0.2, 0) is 11.3 Å². The summed E-state index contributed by atoms with van der Waals surface area (Å²) in [6.45, 7) is 4.21. The molecule has 7 nitrogen and oxygen atoms in total. The highest BCUT2D eigenvalue weighted by Crippen LogP contribution is 2.17. The van der Waals surface area contributed by atoms with Crippen molar-refractivity contribution in [2.45, 2.75) is 26.8 Å². The van der Waals surface area contributed by atoms with E-state index in [4.69, 9.17) is 0 Å². The first-order chi connectivity index (χ1) is 11.6. The van der Waals surface area contributed by atoms with E-state index < -0.39 is 0 Å². The lowest BCUT2D eigenvalue weighted by Crippen LogP contribution is -2.33. The molecule has 0 fully saturated rings. The van der Waals surface area contributed by atoms with Crippen LogP contribution < -0.4 is 11.0 Å². The number of aromatic nitrogens is 4. The number of aryl methyl sites for hydroxylation is 1. The SMILES string of the molecule is CCCNC(=O)Cn1nc2cc(-c3ccccc3)nc(C)n2c1=O. The summed E-state index contributed by atoms with van der Waals surface area (Å²) in [6, 6.07) is 11.4. The van der Waals surface area contributed by atoms with Gasteiger partial charge in [0.15, 0.2) is 5.65 Å². The Morgan fingerprint density at radius 2 is 2.00 bits per heavy atom. The summed E-state index contributed by atoms with van der Waals surface area (Å²) in [7, 11) is 0. The normalized spacial score (nSPS) is 10.9. The third kappa shape index (κ3) is 3.05. The van der Waals surface area contributed by atoms with Gasteiger partial charge in [-0.3, -0.25) is 4.79 Å². The van der Waals surface area contributed by atoms with E-state index in [2.05, 4.69) is 15.4 Å². The predicted molar refractivity (Wildman–Crippen MR) is 90.7 cm³/mol. The fraction of sp³-hybridized carbons (Fsp3) is 0.294. The lowest BCUT2D eigenvalue weighted by atomic mass is 10.1. The summed E-state index contributed by atoms with van der Waals surface area (Å²) in [5.74, 6) is 0.313. The number of hydrogen-bond acceptors (Lipinski definition) is 4. The van der Waals surface area contributed by atoms with Crippen LogP contribution in [0.5, 0.6) is 0 Å². The molecule has 124 valence electrons. The fourth-order valence-electron chi connectivity index (χ4n) is 2.52. The smallest absolute Gasteiger partial charge is 0.352 e. The molecule has 0 bridgehead atoms. The maximum absolute atomic E-state index is 12.4. The second kappa shape index (κ2) is 6.66. The Morgan fingerprint density at radius 1 is 1.25 bits per heavy atom. The van der Waals surface area contributed by atoms with Gasteiger partial charge in [0.05, 0.1) is 5.69 Å². The first kappa shape index (κ1) is 15.9. The highest BCUT2D eigenvalue weighted by Gasteiger charge is 2.14. The van der Waals surface area contributed by atoms with Crippen LogP contribution in [0.4, 0.5) is 0 Å². The Bertz CT molecular complexity index is 927. The molecule has 0 spiro atoms. The average molecular weight is 325 g/mol. The highest BCUT2D eigenvalue weighted by atomic mass is 16.2. The van der Waals surface area contributed by atoms with Gasteiger partial charge < -0.3 is 5.32 Å². The van der Waals surface area contributed by atoms with Gasteiger partial charge in [0, 0.05) is 18.2 Å². The zero-order chi connectivity index (χ0) is 17.1. The number of amides is 1. The topological polar surface area (TPSA) is 81.3 Å². The minimum Gasteiger partial charge on any atom is -0.355 e. The van der Waals surface area contributed by atoms with Crippen LogP contribution in [0.3, 0.4) is 0 Å². The largest absolute Gasteiger partial charge is 0.355 e. The van der Waals surface area contributed by atoms with Gasteiger partial charge in [-0.15, -0.1) is 5.10 Å². The quantitative estimate of drug-likeness (QED) is 0.769. The van der Waals surface area contributed by atoms with Crippen LogP contribution in [-0.4, -0.2) is 31.6 Å². The van der Waals surface area contributed by atoms with E-state index in [1.54, 1.807) is 13.0 Å². The molecule has 0 aliphatic heterocycles. The number of nitrogens with one attached hydrogen (secondary N) is 1. The van der Waals surface area contributed by atoms with Crippen LogP contribution in [0, 0.1) is 6.92 Å². The van der Waals surface area contributed by atoms with Gasteiger partial charge in [-0.1, -0.05) is 37.3 Å². The zero-order valence-corrected chi connectivity index (χ0v) is 13.7. The summed E-state index contributed by atoms with van der Waals surface area (Å²) >= 11 is 0. The number of nitrogens with zero attached hydrogens (tertiary/aromatic N) is 4. The number of hydrogen-bond donors (Lipinski definition) is 1. The van der Waals surface area contributed by atoms with E-state index in [0.29, 0.717) is 18.0 Å². The predicted octanol–water partition coefficient (Wildman–Crippen LogP) is 1.39. The van der Waals surface area contributed by atoms with Crippen LogP contribution in [0.15, 0.2) is 41.2 Å². The van der Waals surface area contributed by atoms with E-state index in [1.165, 1.54) is 9.08 Å². The van der Waals surface area contributed by atoms with Gasteiger partial charge in [0.25, 0.3) is 0 Å². The number of carbonyl (C=O) groups excluding carboxylic acids is 1. The minimum atomic E-state index is -0.360. The van der Waals surface area contributed by atoms with Gasteiger partial charge in [-0.05, 0) is 13.3 Å². The lowest BCUT2D eigenvalue weighted by Gasteiger charge is -2.03. The molecule has 0 atom stereocenters. The van der Waals surface area contributed by atoms with Gasteiger partial charge in [0.2, 0.25) is 5.91 Å². The van der Waals surface area contributed by atoms with Crippen LogP contribution in [0.1, 0.15) is 19.2 Å². The molecule has 0 aliphatic carbocycles. The fourth-order valence-corrected chi connectivity index (χ4v) is 2.52. The molecule has 24 heavy (non-hydrogen) atoms. The molecule has 0 unspecified atom stereocenters. The molecule has 2 heterocycles. The minimum absolute atomic E-state index is 0.0966. The molecule has 1 aromatic carbocycles. The second-order valence-electron chi connectivity index (χ2n) is 5.54. The Hall–Kier alpha value is -2.96. The van der Waals surface area contributed by atoms with E-state index in [-0.39, 0.29) is 18.1 Å². The number of rotatable bonds is 5. The Balaban J connectivity index is 2.00. The molecule has 7 heteroatoms. The first-order valence-electron chi connectivity index (χ1n) is 7.89. The molecule has 0 aliphatic rings. The molecule has 3 rings (SSSR count). The highest BCUT2D eigenvalue weighted by molar-refractivity contribution is 5.75. The lowest BCUT2D eigenvalue weighted by molar-refractivity contribution is -0.121. The molecule has 2 aromatic heterocycles. The molecule has 0 saturated carbocycles. The maximum Gasteiger partial charge on any atom is 0.352 e. The van der Waals surface area contributed by atoms with Crippen molar-refractivity contribution >= 4 is 11.6 Å². The van der Waals surface area contributed by atoms with Crippen molar-refractivity contribution in [2.75, 3.05) is 6.54 Å². The van der Waals surface area contributed by atoms with Crippen LogP contribution in [0.25, 0.3) is 16.9 Å². The van der Waals surface area contributed by atoms with Crippen molar-refractivity contribution < 1.29 is 4.79 Å².